The zero-order valence-electron chi connectivity index (χ0n) is 28.1. The Labute approximate surface area is 290 Å². The molecule has 4 heterocycles. The van der Waals surface area contributed by atoms with Gasteiger partial charge in [-0.05, 0) is 44.9 Å². The van der Waals surface area contributed by atoms with Gasteiger partial charge in [0.2, 0.25) is 5.91 Å². The van der Waals surface area contributed by atoms with Gasteiger partial charge < -0.3 is 20.3 Å². The van der Waals surface area contributed by atoms with Crippen LogP contribution < -0.4 is 25.3 Å². The summed E-state index contributed by atoms with van der Waals surface area (Å²) in [6, 6.07) is 8.42. The van der Waals surface area contributed by atoms with E-state index >= 15 is 0 Å². The molecule has 0 saturated carbocycles. The minimum absolute atomic E-state index is 0.203. The number of hydrogen-bond acceptors (Lipinski definition) is 10. The SMILES string of the molecule is C=CC(=O)Nc1cc(Nc2cc(N3OCCC3c3ccc(F)c(Cl)c3F)ncn2)c(OC)cc1N1CCC(N2CCN(C(C)C)CC2)CC1. The van der Waals surface area contributed by atoms with Crippen molar-refractivity contribution < 1.29 is 23.1 Å². The summed E-state index contributed by atoms with van der Waals surface area (Å²) in [7, 11) is 1.59. The molecule has 0 bridgehead atoms. The highest BCUT2D eigenvalue weighted by Crippen LogP contribution is 2.41. The third-order valence-electron chi connectivity index (χ3n) is 9.63. The summed E-state index contributed by atoms with van der Waals surface area (Å²) in [6.45, 7) is 14.5. The number of ether oxygens (including phenoxy) is 1. The highest BCUT2D eigenvalue weighted by Gasteiger charge is 2.33. The van der Waals surface area contributed by atoms with Gasteiger partial charge >= 0.3 is 0 Å². The lowest BCUT2D eigenvalue weighted by Crippen LogP contribution is -2.54. The summed E-state index contributed by atoms with van der Waals surface area (Å²) in [4.78, 5) is 34.6. The number of benzene rings is 2. The number of nitrogens with zero attached hydrogens (tertiary/aromatic N) is 6. The summed E-state index contributed by atoms with van der Waals surface area (Å²) in [6.07, 6.45) is 5.09. The molecule has 1 unspecified atom stereocenters. The van der Waals surface area contributed by atoms with Crippen LogP contribution in [-0.4, -0.2) is 90.7 Å². The maximum atomic E-state index is 15.0. The minimum atomic E-state index is -0.831. The largest absolute Gasteiger partial charge is 0.494 e. The number of rotatable bonds is 10. The Kier molecular flexibility index (Phi) is 10.8. The van der Waals surface area contributed by atoms with E-state index in [0.29, 0.717) is 53.9 Å². The highest BCUT2D eigenvalue weighted by molar-refractivity contribution is 6.31. The monoisotopic (exact) mass is 696 g/mol. The number of carbonyl (C=O) groups is 1. The predicted octanol–water partition coefficient (Wildman–Crippen LogP) is 6.16. The topological polar surface area (TPSA) is 98.3 Å². The van der Waals surface area contributed by atoms with Crippen LogP contribution in [0.2, 0.25) is 5.02 Å². The number of hydrogen-bond donors (Lipinski definition) is 2. The normalized spacial score (nSPS) is 19.4. The Morgan fingerprint density at radius 3 is 2.51 bits per heavy atom. The van der Waals surface area contributed by atoms with E-state index in [0.717, 1.165) is 63.9 Å². The maximum Gasteiger partial charge on any atom is 0.247 e. The van der Waals surface area contributed by atoms with Crippen LogP contribution in [0.25, 0.3) is 0 Å². The average Bonchev–Trinajstić information content (AvgIpc) is 3.61. The molecule has 262 valence electrons. The smallest absolute Gasteiger partial charge is 0.247 e. The average molecular weight is 697 g/mol. The van der Waals surface area contributed by atoms with Gasteiger partial charge in [-0.25, -0.2) is 23.8 Å². The fraction of sp³-hybridized carbons (Fsp3) is 0.457. The second-order valence-corrected chi connectivity index (χ2v) is 13.1. The minimum Gasteiger partial charge on any atom is -0.494 e. The molecule has 6 rings (SSSR count). The Hall–Kier alpha value is -4.04. The van der Waals surface area contributed by atoms with Crippen molar-refractivity contribution in [3.8, 4) is 5.75 Å². The second-order valence-electron chi connectivity index (χ2n) is 12.8. The van der Waals surface area contributed by atoms with E-state index in [9.17, 15) is 13.6 Å². The van der Waals surface area contributed by atoms with Crippen LogP contribution in [0.3, 0.4) is 0 Å². The van der Waals surface area contributed by atoms with Crippen LogP contribution in [-0.2, 0) is 9.63 Å². The van der Waals surface area contributed by atoms with Crippen molar-refractivity contribution in [2.24, 2.45) is 0 Å². The van der Waals surface area contributed by atoms with Gasteiger partial charge in [0.1, 0.15) is 34.6 Å². The molecule has 2 N–H and O–H groups in total. The molecule has 14 heteroatoms. The zero-order chi connectivity index (χ0) is 34.7. The summed E-state index contributed by atoms with van der Waals surface area (Å²) in [5, 5.41) is 7.17. The first-order valence-electron chi connectivity index (χ1n) is 16.7. The summed E-state index contributed by atoms with van der Waals surface area (Å²) in [5.74, 6) is -0.665. The third-order valence-corrected chi connectivity index (χ3v) is 9.98. The Bertz CT molecular complexity index is 1660. The van der Waals surface area contributed by atoms with Crippen molar-refractivity contribution in [3.63, 3.8) is 0 Å². The molecule has 1 aromatic heterocycles. The maximum absolute atomic E-state index is 15.0. The standard InChI is InChI=1S/C35H43ClF2N8O3/c1-5-33(47)42-26-18-27(30(48-4)19-29(26)45-11-8-23(9-12-45)44-15-13-43(14-16-44)22(2)3)41-31-20-32(40-21-39-31)46-28(10-17-49-46)24-6-7-25(37)34(36)35(24)38/h5-7,18-23,28H,1,8-17H2,2-4H3,(H,42,47)(H,39,40,41). The Morgan fingerprint density at radius 1 is 1.06 bits per heavy atom. The number of hydroxylamine groups is 1. The van der Waals surface area contributed by atoms with Gasteiger partial charge in [-0.3, -0.25) is 19.4 Å². The van der Waals surface area contributed by atoms with E-state index in [1.165, 1.54) is 23.5 Å². The third kappa shape index (κ3) is 7.59. The number of nitrogens with one attached hydrogen (secondary N) is 2. The quantitative estimate of drug-likeness (QED) is 0.189. The van der Waals surface area contributed by atoms with Crippen LogP contribution in [0.5, 0.6) is 5.75 Å². The number of aromatic nitrogens is 2. The number of anilines is 5. The van der Waals surface area contributed by atoms with Crippen molar-refractivity contribution in [1.82, 2.24) is 19.8 Å². The lowest BCUT2D eigenvalue weighted by Gasteiger charge is -2.44. The van der Waals surface area contributed by atoms with E-state index in [-0.39, 0.29) is 11.5 Å². The van der Waals surface area contributed by atoms with Gasteiger partial charge in [0.25, 0.3) is 0 Å². The molecule has 0 aliphatic carbocycles. The van der Waals surface area contributed by atoms with E-state index in [4.69, 9.17) is 21.2 Å². The van der Waals surface area contributed by atoms with Gasteiger partial charge in [-0.1, -0.05) is 24.2 Å². The molecule has 3 saturated heterocycles. The summed E-state index contributed by atoms with van der Waals surface area (Å²) >= 11 is 5.87. The van der Waals surface area contributed by atoms with Crippen molar-refractivity contribution in [1.29, 1.82) is 0 Å². The van der Waals surface area contributed by atoms with Gasteiger partial charge in [-0.2, -0.15) is 0 Å². The molecule has 3 aliphatic rings. The van der Waals surface area contributed by atoms with E-state index in [1.54, 1.807) is 13.2 Å². The fourth-order valence-electron chi connectivity index (χ4n) is 6.92. The molecule has 1 atom stereocenters. The Morgan fingerprint density at radius 2 is 1.82 bits per heavy atom. The van der Waals surface area contributed by atoms with Gasteiger partial charge in [-0.15, -0.1) is 0 Å². The fourth-order valence-corrected chi connectivity index (χ4v) is 7.09. The molecule has 0 radical (unpaired) electrons. The van der Waals surface area contributed by atoms with Crippen molar-refractivity contribution >= 4 is 46.2 Å². The number of halogens is 3. The summed E-state index contributed by atoms with van der Waals surface area (Å²) < 4.78 is 34.6. The molecule has 2 aromatic carbocycles. The zero-order valence-corrected chi connectivity index (χ0v) is 28.8. The van der Waals surface area contributed by atoms with E-state index < -0.39 is 22.7 Å². The van der Waals surface area contributed by atoms with Crippen LogP contribution in [0.4, 0.5) is 37.5 Å². The Balaban J connectivity index is 1.21. The number of carbonyl (C=O) groups excluding carboxylic acids is 1. The number of piperidine rings is 1. The predicted molar refractivity (Wildman–Crippen MR) is 188 cm³/mol. The van der Waals surface area contributed by atoms with Crippen LogP contribution in [0.1, 0.15) is 44.7 Å². The molecular weight excluding hydrogens is 654 g/mol. The first-order valence-corrected chi connectivity index (χ1v) is 17.1. The molecule has 3 fully saturated rings. The molecule has 1 amide bonds. The molecular formula is C35H43ClF2N8O3. The number of amides is 1. The lowest BCUT2D eigenvalue weighted by atomic mass is 10.0. The highest BCUT2D eigenvalue weighted by atomic mass is 35.5. The first kappa shape index (κ1) is 34.8. The number of methoxy groups -OCH3 is 1. The van der Waals surface area contributed by atoms with Crippen LogP contribution >= 0.6 is 11.6 Å². The van der Waals surface area contributed by atoms with Gasteiger partial charge in [0, 0.05) is 75.5 Å². The first-order chi connectivity index (χ1) is 23.7. The molecule has 3 aromatic rings. The van der Waals surface area contributed by atoms with Crippen LogP contribution in [0.15, 0.2) is 49.3 Å². The second kappa shape index (κ2) is 15.2. The lowest BCUT2D eigenvalue weighted by molar-refractivity contribution is -0.111. The van der Waals surface area contributed by atoms with Crippen LogP contribution in [0, 0.1) is 11.6 Å². The van der Waals surface area contributed by atoms with Gasteiger partial charge in [0.05, 0.1) is 36.8 Å². The number of piperazine rings is 1. The van der Waals surface area contributed by atoms with E-state index in [1.807, 2.05) is 12.1 Å². The van der Waals surface area contributed by atoms with E-state index in [2.05, 4.69) is 55.7 Å². The van der Waals surface area contributed by atoms with Crippen molar-refractivity contribution in [3.05, 3.63) is 71.5 Å². The molecule has 49 heavy (non-hydrogen) atoms. The molecule has 0 spiro atoms. The molecule has 11 nitrogen and oxygen atoms in total. The van der Waals surface area contributed by atoms with Crippen molar-refractivity contribution in [2.75, 3.05) is 73.6 Å². The summed E-state index contributed by atoms with van der Waals surface area (Å²) in [5.41, 5.74) is 2.23. The van der Waals surface area contributed by atoms with Crippen molar-refractivity contribution in [2.45, 2.75) is 51.2 Å². The molecule has 3 aliphatic heterocycles. The van der Waals surface area contributed by atoms with Gasteiger partial charge in [0.15, 0.2) is 5.82 Å².